The number of aryl methyl sites for hydroxylation is 2. The molecule has 0 bridgehead atoms. The van der Waals surface area contributed by atoms with Crippen LogP contribution in [0.15, 0.2) is 88.8 Å². The van der Waals surface area contributed by atoms with Crippen LogP contribution >= 0.6 is 46.6 Å². The number of rotatable bonds is 7. The van der Waals surface area contributed by atoms with E-state index in [4.69, 9.17) is 49.3 Å². The molecule has 1 fully saturated rings. The predicted octanol–water partition coefficient (Wildman–Crippen LogP) is 9.66. The third-order valence-corrected chi connectivity index (χ3v) is 8.58. The first-order chi connectivity index (χ1) is 19.7. The third kappa shape index (κ3) is 6.57. The summed E-state index contributed by atoms with van der Waals surface area (Å²) < 4.78 is 11.6. The van der Waals surface area contributed by atoms with E-state index in [9.17, 15) is 4.79 Å². The van der Waals surface area contributed by atoms with E-state index >= 15 is 0 Å². The van der Waals surface area contributed by atoms with E-state index in [2.05, 4.69) is 0 Å². The molecule has 1 aliphatic rings. The van der Waals surface area contributed by atoms with Crippen molar-refractivity contribution in [3.63, 3.8) is 0 Å². The lowest BCUT2D eigenvalue weighted by Crippen LogP contribution is -2.28. The molecule has 1 aliphatic heterocycles. The topological polar surface area (TPSA) is 51.1 Å². The molecule has 0 spiro atoms. The molecule has 0 aliphatic carbocycles. The number of methoxy groups -OCH3 is 1. The molecule has 0 aromatic heterocycles. The van der Waals surface area contributed by atoms with Crippen molar-refractivity contribution in [1.29, 1.82) is 0 Å². The van der Waals surface area contributed by atoms with Crippen molar-refractivity contribution in [2.75, 3.05) is 12.0 Å². The zero-order valence-electron chi connectivity index (χ0n) is 22.5. The Bertz CT molecular complexity index is 1700. The first-order valence-corrected chi connectivity index (χ1v) is 14.6. The molecular formula is C32H25Cl3N2O3S. The summed E-state index contributed by atoms with van der Waals surface area (Å²) in [7, 11) is 1.57. The molecule has 0 unspecified atom stereocenters. The van der Waals surface area contributed by atoms with Gasteiger partial charge in [-0.1, -0.05) is 71.2 Å². The van der Waals surface area contributed by atoms with Gasteiger partial charge in [-0.15, -0.1) is 0 Å². The fraction of sp³-hybridized carbons (Fsp3) is 0.125. The second-order valence-corrected chi connectivity index (χ2v) is 11.5. The predicted molar refractivity (Wildman–Crippen MR) is 171 cm³/mol. The lowest BCUT2D eigenvalue weighted by molar-refractivity contribution is -0.113. The third-order valence-electron chi connectivity index (χ3n) is 6.43. The number of amidine groups is 1. The number of nitrogens with zero attached hydrogens (tertiary/aromatic N) is 2. The number of carbonyl (C=O) groups excluding carboxylic acids is 1. The fourth-order valence-electron chi connectivity index (χ4n) is 4.07. The number of anilines is 1. The average molecular weight is 624 g/mol. The Labute approximate surface area is 258 Å². The lowest BCUT2D eigenvalue weighted by Gasteiger charge is -2.16. The largest absolute Gasteiger partial charge is 0.493 e. The smallest absolute Gasteiger partial charge is 0.271 e. The number of thioether (sulfide) groups is 1. The summed E-state index contributed by atoms with van der Waals surface area (Å²) >= 11 is 20.3. The van der Waals surface area contributed by atoms with Gasteiger partial charge in [0.15, 0.2) is 16.7 Å². The molecule has 41 heavy (non-hydrogen) atoms. The van der Waals surface area contributed by atoms with Crippen LogP contribution in [0.2, 0.25) is 15.1 Å². The highest BCUT2D eigenvalue weighted by atomic mass is 35.5. The van der Waals surface area contributed by atoms with Gasteiger partial charge in [0.1, 0.15) is 6.61 Å². The molecule has 4 aromatic carbocycles. The van der Waals surface area contributed by atoms with Crippen molar-refractivity contribution in [2.45, 2.75) is 20.5 Å². The van der Waals surface area contributed by atoms with Gasteiger partial charge >= 0.3 is 0 Å². The molecule has 1 saturated heterocycles. The van der Waals surface area contributed by atoms with E-state index in [-0.39, 0.29) is 5.91 Å². The van der Waals surface area contributed by atoms with Gasteiger partial charge in [-0.2, -0.15) is 0 Å². The van der Waals surface area contributed by atoms with Gasteiger partial charge in [-0.05, 0) is 90.8 Å². The van der Waals surface area contributed by atoms with Crippen molar-refractivity contribution in [2.24, 2.45) is 4.99 Å². The SMILES string of the molecule is COc1cc(/C=C2/SC(=Nc3ccc(C)c(Cl)c3)N(c3ccc(C)c(Cl)c3)C2=O)ccc1OCc1ccccc1Cl. The molecule has 9 heteroatoms. The van der Waals surface area contributed by atoms with Gasteiger partial charge in [0.2, 0.25) is 0 Å². The Balaban J connectivity index is 1.47. The van der Waals surface area contributed by atoms with Crippen LogP contribution in [0.5, 0.6) is 11.5 Å². The maximum absolute atomic E-state index is 13.8. The number of aliphatic imine (C=N–C) groups is 1. The number of ether oxygens (including phenoxy) is 2. The summed E-state index contributed by atoms with van der Waals surface area (Å²) in [6.45, 7) is 4.13. The van der Waals surface area contributed by atoms with Crippen molar-refractivity contribution in [3.8, 4) is 11.5 Å². The monoisotopic (exact) mass is 622 g/mol. The Hall–Kier alpha value is -3.42. The normalized spacial score (nSPS) is 15.2. The lowest BCUT2D eigenvalue weighted by atomic mass is 10.1. The highest BCUT2D eigenvalue weighted by molar-refractivity contribution is 8.19. The van der Waals surface area contributed by atoms with Crippen LogP contribution in [0.3, 0.4) is 0 Å². The van der Waals surface area contributed by atoms with Crippen LogP contribution in [0.1, 0.15) is 22.3 Å². The van der Waals surface area contributed by atoms with Crippen molar-refractivity contribution < 1.29 is 14.3 Å². The minimum Gasteiger partial charge on any atom is -0.493 e. The standard InChI is InChI=1S/C32H25Cl3N2O3S/c1-19-8-11-23(16-26(19)34)36-32-37(24-12-9-20(2)27(35)17-24)31(38)30(41-32)15-21-10-13-28(29(14-21)39-3)40-18-22-6-4-5-7-25(22)33/h4-17H,18H2,1-3H3/b30-15+,36-32?. The summed E-state index contributed by atoms with van der Waals surface area (Å²) in [5.74, 6) is 0.881. The Kier molecular flexibility index (Phi) is 8.95. The summed E-state index contributed by atoms with van der Waals surface area (Å²) in [5, 5.41) is 2.29. The maximum atomic E-state index is 13.8. The molecule has 0 atom stereocenters. The minimum atomic E-state index is -0.218. The summed E-state index contributed by atoms with van der Waals surface area (Å²) in [6.07, 6.45) is 1.81. The molecule has 0 radical (unpaired) electrons. The fourth-order valence-corrected chi connectivity index (χ4v) is 5.62. The molecule has 0 saturated carbocycles. The Morgan fingerprint density at radius 1 is 0.854 bits per heavy atom. The first-order valence-electron chi connectivity index (χ1n) is 12.6. The van der Waals surface area contributed by atoms with Gasteiger partial charge in [0.05, 0.1) is 23.4 Å². The summed E-state index contributed by atoms with van der Waals surface area (Å²) in [6, 6.07) is 24.1. The molecule has 5 rings (SSSR count). The maximum Gasteiger partial charge on any atom is 0.271 e. The molecule has 5 nitrogen and oxygen atoms in total. The second-order valence-electron chi connectivity index (χ2n) is 9.30. The molecule has 1 heterocycles. The number of amides is 1. The van der Waals surface area contributed by atoms with Crippen LogP contribution in [0, 0.1) is 13.8 Å². The number of benzene rings is 4. The van der Waals surface area contributed by atoms with Crippen LogP contribution in [0.4, 0.5) is 11.4 Å². The van der Waals surface area contributed by atoms with Crippen molar-refractivity contribution in [1.82, 2.24) is 0 Å². The van der Waals surface area contributed by atoms with E-state index in [1.54, 1.807) is 30.2 Å². The number of halogens is 3. The van der Waals surface area contributed by atoms with Gasteiger partial charge < -0.3 is 9.47 Å². The van der Waals surface area contributed by atoms with Gasteiger partial charge in [0, 0.05) is 20.6 Å². The Morgan fingerprint density at radius 3 is 2.29 bits per heavy atom. The van der Waals surface area contributed by atoms with Gasteiger partial charge in [0.25, 0.3) is 5.91 Å². The van der Waals surface area contributed by atoms with Crippen LogP contribution in [-0.4, -0.2) is 18.2 Å². The van der Waals surface area contributed by atoms with E-state index in [1.165, 1.54) is 11.8 Å². The molecule has 1 amide bonds. The van der Waals surface area contributed by atoms with E-state index in [1.807, 2.05) is 80.6 Å². The second kappa shape index (κ2) is 12.6. The number of hydrogen-bond acceptors (Lipinski definition) is 5. The zero-order valence-corrected chi connectivity index (χ0v) is 25.5. The zero-order chi connectivity index (χ0) is 29.1. The first kappa shape index (κ1) is 29.1. The summed E-state index contributed by atoms with van der Waals surface area (Å²) in [4.78, 5) is 20.6. The van der Waals surface area contributed by atoms with Crippen LogP contribution < -0.4 is 14.4 Å². The molecule has 0 N–H and O–H groups in total. The number of carbonyl (C=O) groups is 1. The highest BCUT2D eigenvalue weighted by Crippen LogP contribution is 2.40. The van der Waals surface area contributed by atoms with E-state index in [0.29, 0.717) is 54.6 Å². The van der Waals surface area contributed by atoms with Crippen LogP contribution in [-0.2, 0) is 11.4 Å². The molecular weight excluding hydrogens is 599 g/mol. The Morgan fingerprint density at radius 2 is 1.59 bits per heavy atom. The number of hydrogen-bond donors (Lipinski definition) is 0. The molecule has 208 valence electrons. The van der Waals surface area contributed by atoms with E-state index in [0.717, 1.165) is 22.3 Å². The van der Waals surface area contributed by atoms with Crippen LogP contribution in [0.25, 0.3) is 6.08 Å². The van der Waals surface area contributed by atoms with E-state index < -0.39 is 0 Å². The quantitative estimate of drug-likeness (QED) is 0.192. The average Bonchev–Trinajstić information content (AvgIpc) is 3.26. The molecule has 4 aromatic rings. The minimum absolute atomic E-state index is 0.218. The summed E-state index contributed by atoms with van der Waals surface area (Å²) in [5.41, 5.74) is 4.76. The van der Waals surface area contributed by atoms with Crippen molar-refractivity contribution >= 4 is 75.1 Å². The van der Waals surface area contributed by atoms with Gasteiger partial charge in [-0.25, -0.2) is 4.99 Å². The highest BCUT2D eigenvalue weighted by Gasteiger charge is 2.35. The van der Waals surface area contributed by atoms with Gasteiger partial charge in [-0.3, -0.25) is 9.69 Å². The van der Waals surface area contributed by atoms with Crippen molar-refractivity contribution in [3.05, 3.63) is 121 Å².